The number of phenols is 1. The average molecular weight is 384 g/mol. The van der Waals surface area contributed by atoms with Gasteiger partial charge in [0.2, 0.25) is 6.29 Å². The number of phenolic OH excluding ortho intramolecular Hbond substituents is 1. The second kappa shape index (κ2) is 9.16. The number of ether oxygens (including phenoxy) is 3. The van der Waals surface area contributed by atoms with Crippen LogP contribution in [0.1, 0.15) is 6.92 Å². The topological polar surface area (TPSA) is 146 Å². The number of carbonyl (C=O) groups excluding carboxylic acids is 1. The summed E-state index contributed by atoms with van der Waals surface area (Å²) in [5.74, 6) is -0.997. The highest BCUT2D eigenvalue weighted by atomic mass is 16.7. The second-order valence-corrected chi connectivity index (χ2v) is 6.33. The van der Waals surface area contributed by atoms with Crippen LogP contribution in [0.15, 0.2) is 36.4 Å². The van der Waals surface area contributed by atoms with Crippen molar-refractivity contribution in [3.8, 4) is 11.5 Å². The minimum absolute atomic E-state index is 0.0186. The van der Waals surface area contributed by atoms with Crippen molar-refractivity contribution in [3.63, 3.8) is 0 Å². The predicted molar refractivity (Wildman–Crippen MR) is 91.8 cm³/mol. The fourth-order valence-electron chi connectivity index (χ4n) is 2.37. The quantitative estimate of drug-likeness (QED) is 0.304. The number of esters is 1. The summed E-state index contributed by atoms with van der Waals surface area (Å²) in [4.78, 5) is 11.9. The van der Waals surface area contributed by atoms with E-state index in [1.54, 1.807) is 6.92 Å². The molecule has 2 rings (SSSR count). The first kappa shape index (κ1) is 21.1. The molecule has 0 saturated carbocycles. The molecule has 1 aliphatic heterocycles. The van der Waals surface area contributed by atoms with Crippen molar-refractivity contribution < 1.29 is 44.5 Å². The van der Waals surface area contributed by atoms with Gasteiger partial charge in [-0.1, -0.05) is 13.5 Å². The predicted octanol–water partition coefficient (Wildman–Crippen LogP) is -0.694. The second-order valence-electron chi connectivity index (χ2n) is 6.33. The van der Waals surface area contributed by atoms with Gasteiger partial charge in [-0.3, -0.25) is 0 Å². The molecule has 0 bridgehead atoms. The van der Waals surface area contributed by atoms with E-state index in [1.165, 1.54) is 24.3 Å². The summed E-state index contributed by atoms with van der Waals surface area (Å²) in [5, 5.41) is 48.4. The first-order chi connectivity index (χ1) is 12.7. The van der Waals surface area contributed by atoms with Crippen LogP contribution in [0.5, 0.6) is 11.5 Å². The maximum atomic E-state index is 11.9. The number of aliphatic hydroxyl groups excluding tert-OH is 4. The van der Waals surface area contributed by atoms with Crippen LogP contribution in [0.4, 0.5) is 0 Å². The number of benzene rings is 1. The van der Waals surface area contributed by atoms with Crippen LogP contribution in [0.2, 0.25) is 0 Å². The molecule has 9 nitrogen and oxygen atoms in total. The van der Waals surface area contributed by atoms with Gasteiger partial charge in [0.1, 0.15) is 42.5 Å². The zero-order valence-electron chi connectivity index (χ0n) is 14.8. The number of hydrogen-bond donors (Lipinski definition) is 5. The molecule has 1 aromatic rings. The van der Waals surface area contributed by atoms with Crippen LogP contribution in [-0.4, -0.2) is 75.4 Å². The summed E-state index contributed by atoms with van der Waals surface area (Å²) in [6.07, 6.45) is -7.16. The Hall–Kier alpha value is -2.17. The number of carbonyl (C=O) groups is 1. The van der Waals surface area contributed by atoms with E-state index in [4.69, 9.17) is 19.3 Å². The van der Waals surface area contributed by atoms with E-state index in [1.807, 2.05) is 0 Å². The van der Waals surface area contributed by atoms with Crippen molar-refractivity contribution in [3.05, 3.63) is 36.4 Å². The Morgan fingerprint density at radius 3 is 2.41 bits per heavy atom. The Balaban J connectivity index is 2.00. The minimum atomic E-state index is -1.59. The molecular weight excluding hydrogens is 360 g/mol. The molecule has 0 aromatic heterocycles. The molecule has 0 amide bonds. The molecule has 5 N–H and O–H groups in total. The Morgan fingerprint density at radius 1 is 1.19 bits per heavy atom. The molecule has 1 aliphatic rings. The molecule has 1 saturated heterocycles. The average Bonchev–Trinajstić information content (AvgIpc) is 2.67. The zero-order valence-corrected chi connectivity index (χ0v) is 14.8. The molecule has 27 heavy (non-hydrogen) atoms. The number of rotatable bonds is 7. The fraction of sp³-hybridized carbons (Fsp3) is 0.500. The standard InChI is InChI=1S/C18H24O9/c1-9(7-19)10(2)17(24)25-8-13-14(21)15(22)16(23)18(27-13)26-12-5-3-11(20)4-6-12/h3-6,9,13-16,18-23H,2,7-8H2,1H3/t9-,13+,14+,15-,16+,18-/m0/s1. The van der Waals surface area contributed by atoms with Gasteiger partial charge >= 0.3 is 5.97 Å². The number of aromatic hydroxyl groups is 1. The highest BCUT2D eigenvalue weighted by molar-refractivity contribution is 5.88. The smallest absolute Gasteiger partial charge is 0.333 e. The van der Waals surface area contributed by atoms with Crippen molar-refractivity contribution in [1.82, 2.24) is 0 Å². The molecule has 0 unspecified atom stereocenters. The molecule has 150 valence electrons. The lowest BCUT2D eigenvalue weighted by Crippen LogP contribution is -2.60. The molecular formula is C18H24O9. The van der Waals surface area contributed by atoms with E-state index in [-0.39, 0.29) is 23.7 Å². The Bertz CT molecular complexity index is 645. The van der Waals surface area contributed by atoms with Gasteiger partial charge in [0.15, 0.2) is 0 Å². The third-order valence-corrected chi connectivity index (χ3v) is 4.27. The van der Waals surface area contributed by atoms with E-state index in [0.717, 1.165) is 0 Å². The summed E-state index contributed by atoms with van der Waals surface area (Å²) in [6, 6.07) is 5.59. The van der Waals surface area contributed by atoms with Crippen molar-refractivity contribution >= 4 is 5.97 Å². The lowest BCUT2D eigenvalue weighted by molar-refractivity contribution is -0.278. The van der Waals surface area contributed by atoms with Gasteiger partial charge in [0.05, 0.1) is 0 Å². The lowest BCUT2D eigenvalue weighted by Gasteiger charge is -2.39. The van der Waals surface area contributed by atoms with Crippen molar-refractivity contribution in [2.24, 2.45) is 5.92 Å². The summed E-state index contributed by atoms with van der Waals surface area (Å²) in [5.41, 5.74) is 0.0558. The molecule has 6 atom stereocenters. The normalized spacial score (nSPS) is 29.0. The van der Waals surface area contributed by atoms with Crippen LogP contribution < -0.4 is 4.74 Å². The summed E-state index contributed by atoms with van der Waals surface area (Å²) < 4.78 is 15.9. The summed E-state index contributed by atoms with van der Waals surface area (Å²) in [6.45, 7) is 4.44. The largest absolute Gasteiger partial charge is 0.508 e. The maximum absolute atomic E-state index is 11.9. The first-order valence-electron chi connectivity index (χ1n) is 8.36. The zero-order chi connectivity index (χ0) is 20.1. The monoisotopic (exact) mass is 384 g/mol. The van der Waals surface area contributed by atoms with Gasteiger partial charge < -0.3 is 39.7 Å². The van der Waals surface area contributed by atoms with Gasteiger partial charge in [0.25, 0.3) is 0 Å². The van der Waals surface area contributed by atoms with Crippen molar-refractivity contribution in [1.29, 1.82) is 0 Å². The molecule has 1 fully saturated rings. The maximum Gasteiger partial charge on any atom is 0.333 e. The molecule has 1 heterocycles. The van der Waals surface area contributed by atoms with Crippen LogP contribution in [0.3, 0.4) is 0 Å². The van der Waals surface area contributed by atoms with E-state index in [0.29, 0.717) is 0 Å². The fourth-order valence-corrected chi connectivity index (χ4v) is 2.37. The van der Waals surface area contributed by atoms with Gasteiger partial charge in [-0.05, 0) is 24.3 Å². The van der Waals surface area contributed by atoms with Gasteiger partial charge in [-0.25, -0.2) is 4.79 Å². The highest BCUT2D eigenvalue weighted by Gasteiger charge is 2.45. The van der Waals surface area contributed by atoms with Gasteiger partial charge in [-0.2, -0.15) is 0 Å². The summed E-state index contributed by atoms with van der Waals surface area (Å²) in [7, 11) is 0. The van der Waals surface area contributed by atoms with E-state index < -0.39 is 49.2 Å². The van der Waals surface area contributed by atoms with Gasteiger partial charge in [-0.15, -0.1) is 0 Å². The lowest BCUT2D eigenvalue weighted by atomic mass is 9.99. The molecule has 9 heteroatoms. The minimum Gasteiger partial charge on any atom is -0.508 e. The van der Waals surface area contributed by atoms with Crippen molar-refractivity contribution in [2.45, 2.75) is 37.6 Å². The number of hydrogen-bond acceptors (Lipinski definition) is 9. The van der Waals surface area contributed by atoms with Crippen molar-refractivity contribution in [2.75, 3.05) is 13.2 Å². The van der Waals surface area contributed by atoms with Crippen LogP contribution >= 0.6 is 0 Å². The Kier molecular flexibility index (Phi) is 7.17. The van der Waals surface area contributed by atoms with Gasteiger partial charge in [0, 0.05) is 18.1 Å². The van der Waals surface area contributed by atoms with E-state index >= 15 is 0 Å². The third kappa shape index (κ3) is 5.18. The first-order valence-corrected chi connectivity index (χ1v) is 8.36. The molecule has 1 aromatic carbocycles. The summed E-state index contributed by atoms with van der Waals surface area (Å²) >= 11 is 0. The Morgan fingerprint density at radius 2 is 1.81 bits per heavy atom. The van der Waals surface area contributed by atoms with E-state index in [9.17, 15) is 25.2 Å². The molecule has 0 spiro atoms. The third-order valence-electron chi connectivity index (χ3n) is 4.27. The van der Waals surface area contributed by atoms with Crippen LogP contribution in [0.25, 0.3) is 0 Å². The molecule has 0 radical (unpaired) electrons. The molecule has 0 aliphatic carbocycles. The van der Waals surface area contributed by atoms with E-state index in [2.05, 4.69) is 6.58 Å². The van der Waals surface area contributed by atoms with Crippen LogP contribution in [0, 0.1) is 5.92 Å². The highest BCUT2D eigenvalue weighted by Crippen LogP contribution is 2.26. The Labute approximate surface area is 156 Å². The number of aliphatic hydroxyl groups is 4. The van der Waals surface area contributed by atoms with Crippen LogP contribution in [-0.2, 0) is 14.3 Å². The SMILES string of the molecule is C=C(C(=O)OC[C@H]1O[C@H](Oc2ccc(O)cc2)[C@H](O)[C@@H](O)[C@@H]1O)[C@@H](C)CO.